The summed E-state index contributed by atoms with van der Waals surface area (Å²) in [4.78, 5) is 25.0. The van der Waals surface area contributed by atoms with Crippen molar-refractivity contribution in [2.45, 2.75) is 18.9 Å². The van der Waals surface area contributed by atoms with E-state index >= 15 is 0 Å². The molecular weight excluding hydrogens is 306 g/mol. The van der Waals surface area contributed by atoms with Gasteiger partial charge in [0.2, 0.25) is 5.91 Å². The molecule has 5 nitrogen and oxygen atoms in total. The quantitative estimate of drug-likeness (QED) is 0.640. The van der Waals surface area contributed by atoms with Gasteiger partial charge in [-0.25, -0.2) is 9.97 Å². The van der Waals surface area contributed by atoms with E-state index in [2.05, 4.69) is 23.8 Å². The van der Waals surface area contributed by atoms with Gasteiger partial charge in [0.25, 0.3) is 0 Å². The second-order valence-corrected chi connectivity index (χ2v) is 7.09. The van der Waals surface area contributed by atoms with Crippen LogP contribution in [0.1, 0.15) is 10.4 Å². The summed E-state index contributed by atoms with van der Waals surface area (Å²) in [5, 5.41) is 2.00. The zero-order chi connectivity index (χ0) is 14.8. The van der Waals surface area contributed by atoms with Crippen LogP contribution in [-0.2, 0) is 9.53 Å². The molecule has 0 radical (unpaired) electrons. The number of hydrogen-bond donors (Lipinski definition) is 0. The molecule has 3 heterocycles. The van der Waals surface area contributed by atoms with Crippen LogP contribution in [-0.4, -0.2) is 52.8 Å². The Hall–Kier alpha value is -1.18. The van der Waals surface area contributed by atoms with E-state index in [0.717, 1.165) is 15.2 Å². The molecule has 1 amide bonds. The van der Waals surface area contributed by atoms with Gasteiger partial charge >= 0.3 is 0 Å². The molecule has 0 N–H and O–H groups in total. The SMILES string of the molecule is Cc1sc2ncnc(SCC(=O)N3CCOCC3)c2c1C. The first-order valence-corrected chi connectivity index (χ1v) is 8.66. The van der Waals surface area contributed by atoms with E-state index < -0.39 is 0 Å². The minimum Gasteiger partial charge on any atom is -0.378 e. The molecule has 0 atom stereocenters. The fourth-order valence-corrected chi connectivity index (χ4v) is 4.31. The molecule has 0 aliphatic carbocycles. The van der Waals surface area contributed by atoms with E-state index in [-0.39, 0.29) is 5.91 Å². The Morgan fingerprint density at radius 3 is 2.90 bits per heavy atom. The van der Waals surface area contributed by atoms with Crippen molar-refractivity contribution in [1.29, 1.82) is 0 Å². The Morgan fingerprint density at radius 2 is 2.14 bits per heavy atom. The highest BCUT2D eigenvalue weighted by atomic mass is 32.2. The highest BCUT2D eigenvalue weighted by Gasteiger charge is 2.18. The second kappa shape index (κ2) is 6.29. The van der Waals surface area contributed by atoms with Gasteiger partial charge in [0.1, 0.15) is 16.2 Å². The number of hydrogen-bond acceptors (Lipinski definition) is 6. The molecule has 3 rings (SSSR count). The number of carbonyl (C=O) groups is 1. The van der Waals surface area contributed by atoms with Gasteiger partial charge in [-0.1, -0.05) is 11.8 Å². The van der Waals surface area contributed by atoms with Gasteiger partial charge in [-0.2, -0.15) is 0 Å². The van der Waals surface area contributed by atoms with Crippen molar-refractivity contribution in [3.63, 3.8) is 0 Å². The van der Waals surface area contributed by atoms with E-state index in [1.165, 1.54) is 22.2 Å². The third kappa shape index (κ3) is 3.04. The van der Waals surface area contributed by atoms with Crippen LogP contribution in [0.3, 0.4) is 0 Å². The van der Waals surface area contributed by atoms with Crippen molar-refractivity contribution in [2.24, 2.45) is 0 Å². The van der Waals surface area contributed by atoms with E-state index in [4.69, 9.17) is 4.74 Å². The standard InChI is InChI=1S/C14H17N3O2S2/c1-9-10(2)21-14-12(9)13(15-8-16-14)20-7-11(18)17-3-5-19-6-4-17/h8H,3-7H2,1-2H3. The molecule has 1 aliphatic rings. The Morgan fingerprint density at radius 1 is 1.38 bits per heavy atom. The van der Waals surface area contributed by atoms with Crippen molar-refractivity contribution in [1.82, 2.24) is 14.9 Å². The number of nitrogens with zero attached hydrogens (tertiary/aromatic N) is 3. The molecule has 1 fully saturated rings. The minimum atomic E-state index is 0.152. The number of aryl methyl sites for hydroxylation is 2. The summed E-state index contributed by atoms with van der Waals surface area (Å²) in [5.41, 5.74) is 1.22. The normalized spacial score (nSPS) is 15.6. The molecule has 0 spiro atoms. The van der Waals surface area contributed by atoms with Gasteiger partial charge in [-0.05, 0) is 19.4 Å². The van der Waals surface area contributed by atoms with E-state index in [9.17, 15) is 4.79 Å². The third-order valence-electron chi connectivity index (χ3n) is 3.63. The van der Waals surface area contributed by atoms with Crippen LogP contribution in [0.25, 0.3) is 10.2 Å². The van der Waals surface area contributed by atoms with Crippen molar-refractivity contribution in [3.05, 3.63) is 16.8 Å². The van der Waals surface area contributed by atoms with Crippen molar-refractivity contribution >= 4 is 39.2 Å². The van der Waals surface area contributed by atoms with Gasteiger partial charge in [0.15, 0.2) is 0 Å². The summed E-state index contributed by atoms with van der Waals surface area (Å²) in [6.45, 7) is 6.83. The summed E-state index contributed by atoms with van der Waals surface area (Å²) in [5.74, 6) is 0.570. The lowest BCUT2D eigenvalue weighted by Gasteiger charge is -2.26. The molecule has 0 bridgehead atoms. The van der Waals surface area contributed by atoms with Crippen LogP contribution in [0.5, 0.6) is 0 Å². The number of rotatable bonds is 3. The number of morpholine rings is 1. The smallest absolute Gasteiger partial charge is 0.233 e. The molecule has 1 saturated heterocycles. The maximum atomic E-state index is 12.2. The monoisotopic (exact) mass is 323 g/mol. The number of fused-ring (bicyclic) bond motifs is 1. The lowest BCUT2D eigenvalue weighted by molar-refractivity contribution is -0.132. The minimum absolute atomic E-state index is 0.152. The summed E-state index contributed by atoms with van der Waals surface area (Å²) in [6, 6.07) is 0. The molecular formula is C14H17N3O2S2. The summed E-state index contributed by atoms with van der Waals surface area (Å²) in [6.07, 6.45) is 1.58. The Bertz CT molecular complexity index is 666. The van der Waals surface area contributed by atoms with Crippen LogP contribution < -0.4 is 0 Å². The van der Waals surface area contributed by atoms with Crippen LogP contribution in [0, 0.1) is 13.8 Å². The fourth-order valence-electron chi connectivity index (χ4n) is 2.29. The average molecular weight is 323 g/mol. The van der Waals surface area contributed by atoms with Crippen LogP contribution in [0.15, 0.2) is 11.4 Å². The lowest BCUT2D eigenvalue weighted by atomic mass is 10.2. The number of thioether (sulfide) groups is 1. The average Bonchev–Trinajstić information content (AvgIpc) is 2.81. The molecule has 7 heteroatoms. The molecule has 0 aromatic carbocycles. The van der Waals surface area contributed by atoms with Crippen molar-refractivity contribution in [2.75, 3.05) is 32.1 Å². The van der Waals surface area contributed by atoms with E-state index in [1.807, 2.05) is 4.90 Å². The summed E-state index contributed by atoms with van der Waals surface area (Å²) in [7, 11) is 0. The third-order valence-corrected chi connectivity index (χ3v) is 5.72. The first-order chi connectivity index (χ1) is 10.2. The van der Waals surface area contributed by atoms with Crippen LogP contribution >= 0.6 is 23.1 Å². The van der Waals surface area contributed by atoms with Gasteiger partial charge in [0, 0.05) is 23.4 Å². The Labute approximate surface area is 131 Å². The highest BCUT2D eigenvalue weighted by molar-refractivity contribution is 8.00. The van der Waals surface area contributed by atoms with Gasteiger partial charge in [0.05, 0.1) is 19.0 Å². The maximum Gasteiger partial charge on any atom is 0.233 e. The molecule has 112 valence electrons. The number of carbonyl (C=O) groups excluding carboxylic acids is 1. The fraction of sp³-hybridized carbons (Fsp3) is 0.500. The Kier molecular flexibility index (Phi) is 4.42. The van der Waals surface area contributed by atoms with Crippen LogP contribution in [0.2, 0.25) is 0 Å². The lowest BCUT2D eigenvalue weighted by Crippen LogP contribution is -2.41. The van der Waals surface area contributed by atoms with Gasteiger partial charge in [-0.15, -0.1) is 11.3 Å². The van der Waals surface area contributed by atoms with Crippen molar-refractivity contribution < 1.29 is 9.53 Å². The molecule has 0 saturated carbocycles. The topological polar surface area (TPSA) is 55.3 Å². The van der Waals surface area contributed by atoms with E-state index in [1.54, 1.807) is 17.7 Å². The first-order valence-electron chi connectivity index (χ1n) is 6.86. The molecule has 21 heavy (non-hydrogen) atoms. The first kappa shape index (κ1) is 14.7. The number of ether oxygens (including phenoxy) is 1. The van der Waals surface area contributed by atoms with E-state index in [0.29, 0.717) is 32.1 Å². The predicted molar refractivity (Wildman–Crippen MR) is 85.0 cm³/mol. The molecule has 0 unspecified atom stereocenters. The van der Waals surface area contributed by atoms with Gasteiger partial charge in [-0.3, -0.25) is 4.79 Å². The molecule has 2 aromatic rings. The predicted octanol–water partition coefficient (Wildman–Crippen LogP) is 2.26. The zero-order valence-electron chi connectivity index (χ0n) is 12.1. The van der Waals surface area contributed by atoms with Crippen LogP contribution in [0.4, 0.5) is 0 Å². The van der Waals surface area contributed by atoms with Crippen molar-refractivity contribution in [3.8, 4) is 0 Å². The molecule has 2 aromatic heterocycles. The summed E-state index contributed by atoms with van der Waals surface area (Å²) >= 11 is 3.18. The van der Waals surface area contributed by atoms with Gasteiger partial charge < -0.3 is 9.64 Å². The number of aromatic nitrogens is 2. The zero-order valence-corrected chi connectivity index (χ0v) is 13.7. The number of amides is 1. The highest BCUT2D eigenvalue weighted by Crippen LogP contribution is 2.34. The summed E-state index contributed by atoms with van der Waals surface area (Å²) < 4.78 is 5.27. The largest absolute Gasteiger partial charge is 0.378 e. The second-order valence-electron chi connectivity index (χ2n) is 4.92. The molecule has 1 aliphatic heterocycles. The maximum absolute atomic E-state index is 12.2. The number of thiophene rings is 1. The Balaban J connectivity index is 1.74.